The minimum absolute atomic E-state index is 0.236. The molecule has 0 aliphatic heterocycles. The molecular formula is C24H16O3. The molecule has 0 spiro atoms. The van der Waals surface area contributed by atoms with Gasteiger partial charge in [0.05, 0.1) is 0 Å². The van der Waals surface area contributed by atoms with E-state index in [-0.39, 0.29) is 5.75 Å². The molecule has 0 aromatic heterocycles. The second kappa shape index (κ2) is 4.97. The largest absolute Gasteiger partial charge is 0.508 e. The van der Waals surface area contributed by atoms with Crippen molar-refractivity contribution < 1.29 is 15.3 Å². The third kappa shape index (κ3) is 1.82. The maximum atomic E-state index is 10.7. The van der Waals surface area contributed by atoms with Crippen LogP contribution in [0.5, 0.6) is 5.75 Å². The molecule has 2 aliphatic carbocycles. The molecule has 6 rings (SSSR count). The Morgan fingerprint density at radius 3 is 2.44 bits per heavy atom. The van der Waals surface area contributed by atoms with Gasteiger partial charge in [-0.25, -0.2) is 0 Å². The second-order valence-corrected chi connectivity index (χ2v) is 7.35. The normalized spacial score (nSPS) is 19.5. The lowest BCUT2D eigenvalue weighted by atomic mass is 9.84. The molecule has 2 aliphatic rings. The summed E-state index contributed by atoms with van der Waals surface area (Å²) in [5.74, 6) is 0.236. The molecule has 0 bridgehead atoms. The van der Waals surface area contributed by atoms with Crippen molar-refractivity contribution in [2.75, 3.05) is 0 Å². The average Bonchev–Trinajstić information content (AvgIpc) is 3.01. The number of hydrogen-bond acceptors (Lipinski definition) is 3. The van der Waals surface area contributed by atoms with Crippen molar-refractivity contribution in [2.45, 2.75) is 12.2 Å². The molecule has 2 atom stereocenters. The van der Waals surface area contributed by atoms with Crippen LogP contribution in [-0.2, 0) is 0 Å². The van der Waals surface area contributed by atoms with Crippen molar-refractivity contribution in [3.8, 4) is 28.0 Å². The molecule has 27 heavy (non-hydrogen) atoms. The average molecular weight is 352 g/mol. The van der Waals surface area contributed by atoms with Gasteiger partial charge in [-0.05, 0) is 79.2 Å². The molecule has 3 nitrogen and oxygen atoms in total. The third-order valence-corrected chi connectivity index (χ3v) is 5.87. The SMILES string of the molecule is Oc1ccc2cc3c4c(cc5c3c(c2c1)-c1ccccc1-5)C=CC(O)C4O. The molecule has 0 radical (unpaired) electrons. The van der Waals surface area contributed by atoms with Crippen LogP contribution in [0.2, 0.25) is 0 Å². The zero-order chi connectivity index (χ0) is 18.3. The Hall–Kier alpha value is -3.14. The lowest BCUT2D eigenvalue weighted by Crippen LogP contribution is -2.19. The van der Waals surface area contributed by atoms with E-state index in [0.717, 1.165) is 54.9 Å². The molecule has 3 heteroatoms. The number of aliphatic hydroxyl groups excluding tert-OH is 2. The van der Waals surface area contributed by atoms with E-state index in [9.17, 15) is 15.3 Å². The highest BCUT2D eigenvalue weighted by Crippen LogP contribution is 2.53. The first-order chi connectivity index (χ1) is 13.1. The van der Waals surface area contributed by atoms with E-state index in [1.54, 1.807) is 18.2 Å². The predicted octanol–water partition coefficient (Wildman–Crippen LogP) is 4.77. The van der Waals surface area contributed by atoms with E-state index in [1.807, 2.05) is 24.3 Å². The van der Waals surface area contributed by atoms with Crippen molar-refractivity contribution >= 4 is 27.6 Å². The summed E-state index contributed by atoms with van der Waals surface area (Å²) in [7, 11) is 0. The predicted molar refractivity (Wildman–Crippen MR) is 108 cm³/mol. The van der Waals surface area contributed by atoms with Crippen LogP contribution in [0.15, 0.2) is 60.7 Å². The first kappa shape index (κ1) is 15.0. The number of hydrogen-bond donors (Lipinski definition) is 3. The summed E-state index contributed by atoms with van der Waals surface area (Å²) >= 11 is 0. The Balaban J connectivity index is 1.90. The van der Waals surface area contributed by atoms with Crippen molar-refractivity contribution in [3.05, 3.63) is 71.8 Å². The Bertz CT molecular complexity index is 1320. The molecule has 0 fully saturated rings. The van der Waals surface area contributed by atoms with Gasteiger partial charge in [0.25, 0.3) is 0 Å². The molecule has 130 valence electrons. The first-order valence-corrected chi connectivity index (χ1v) is 9.04. The fraction of sp³-hybridized carbons (Fsp3) is 0.0833. The summed E-state index contributed by atoms with van der Waals surface area (Å²) in [6.07, 6.45) is 1.68. The highest BCUT2D eigenvalue weighted by molar-refractivity contribution is 6.25. The van der Waals surface area contributed by atoms with Crippen LogP contribution in [0.3, 0.4) is 0 Å². The van der Waals surface area contributed by atoms with Gasteiger partial charge in [-0.15, -0.1) is 0 Å². The van der Waals surface area contributed by atoms with Crippen LogP contribution in [0, 0.1) is 0 Å². The van der Waals surface area contributed by atoms with Gasteiger partial charge in [-0.1, -0.05) is 42.5 Å². The fourth-order valence-corrected chi connectivity index (χ4v) is 4.71. The summed E-state index contributed by atoms with van der Waals surface area (Å²) in [5.41, 5.74) is 6.22. The van der Waals surface area contributed by atoms with Gasteiger partial charge in [-0.2, -0.15) is 0 Å². The number of phenolic OH excluding ortho intramolecular Hbond substituents is 1. The number of aliphatic hydroxyl groups is 2. The molecule has 0 saturated heterocycles. The van der Waals surface area contributed by atoms with Gasteiger partial charge in [0.15, 0.2) is 0 Å². The quantitative estimate of drug-likeness (QED) is 0.352. The van der Waals surface area contributed by atoms with Gasteiger partial charge >= 0.3 is 0 Å². The number of benzene rings is 4. The zero-order valence-electron chi connectivity index (χ0n) is 14.3. The van der Waals surface area contributed by atoms with Gasteiger partial charge in [0, 0.05) is 0 Å². The lowest BCUT2D eigenvalue weighted by molar-refractivity contribution is 0.0480. The van der Waals surface area contributed by atoms with Crippen LogP contribution in [0.1, 0.15) is 17.2 Å². The van der Waals surface area contributed by atoms with Gasteiger partial charge in [0.1, 0.15) is 18.0 Å². The highest BCUT2D eigenvalue weighted by Gasteiger charge is 2.31. The topological polar surface area (TPSA) is 60.7 Å². The monoisotopic (exact) mass is 352 g/mol. The third-order valence-electron chi connectivity index (χ3n) is 5.87. The van der Waals surface area contributed by atoms with E-state index in [4.69, 9.17) is 0 Å². The van der Waals surface area contributed by atoms with Crippen molar-refractivity contribution in [1.29, 1.82) is 0 Å². The van der Waals surface area contributed by atoms with Crippen molar-refractivity contribution in [3.63, 3.8) is 0 Å². The van der Waals surface area contributed by atoms with E-state index < -0.39 is 12.2 Å². The number of aromatic hydroxyl groups is 1. The maximum Gasteiger partial charge on any atom is 0.116 e. The molecule has 4 aromatic carbocycles. The van der Waals surface area contributed by atoms with E-state index in [1.165, 1.54) is 0 Å². The molecular weight excluding hydrogens is 336 g/mol. The minimum Gasteiger partial charge on any atom is -0.508 e. The van der Waals surface area contributed by atoms with E-state index >= 15 is 0 Å². The first-order valence-electron chi connectivity index (χ1n) is 9.04. The van der Waals surface area contributed by atoms with Crippen LogP contribution in [0.25, 0.3) is 49.9 Å². The van der Waals surface area contributed by atoms with Crippen LogP contribution < -0.4 is 0 Å². The Labute approximate surface area is 155 Å². The highest BCUT2D eigenvalue weighted by atomic mass is 16.3. The lowest BCUT2D eigenvalue weighted by Gasteiger charge is -2.25. The summed E-state index contributed by atoms with van der Waals surface area (Å²) in [5, 5.41) is 35.0. The Morgan fingerprint density at radius 1 is 0.778 bits per heavy atom. The standard InChI is InChI=1S/C24H16O3/c25-14-7-5-12-9-19-21-13(6-8-20(26)24(21)27)10-18-15-3-1-2-4-16(15)22(23(18)19)17(12)11-14/h1-11,20,24-27H. The smallest absolute Gasteiger partial charge is 0.116 e. The van der Waals surface area contributed by atoms with Gasteiger partial charge in [-0.3, -0.25) is 0 Å². The fourth-order valence-electron chi connectivity index (χ4n) is 4.71. The van der Waals surface area contributed by atoms with E-state index in [0.29, 0.717) is 0 Å². The number of rotatable bonds is 0. The second-order valence-electron chi connectivity index (χ2n) is 7.35. The zero-order valence-corrected chi connectivity index (χ0v) is 14.3. The summed E-state index contributed by atoms with van der Waals surface area (Å²) in [6, 6.07) is 17.8. The van der Waals surface area contributed by atoms with Gasteiger partial charge in [0.2, 0.25) is 0 Å². The van der Waals surface area contributed by atoms with Crippen LogP contribution >= 0.6 is 0 Å². The number of fused-ring (bicyclic) bond motifs is 7. The summed E-state index contributed by atoms with van der Waals surface area (Å²) < 4.78 is 0. The number of phenols is 1. The molecule has 2 unspecified atom stereocenters. The maximum absolute atomic E-state index is 10.7. The summed E-state index contributed by atoms with van der Waals surface area (Å²) in [4.78, 5) is 0. The van der Waals surface area contributed by atoms with Gasteiger partial charge < -0.3 is 15.3 Å². The Morgan fingerprint density at radius 2 is 1.59 bits per heavy atom. The molecule has 4 aromatic rings. The van der Waals surface area contributed by atoms with Crippen molar-refractivity contribution in [1.82, 2.24) is 0 Å². The molecule has 0 heterocycles. The Kier molecular flexibility index (Phi) is 2.76. The molecule has 3 N–H and O–H groups in total. The van der Waals surface area contributed by atoms with Crippen molar-refractivity contribution in [2.24, 2.45) is 0 Å². The van der Waals surface area contributed by atoms with E-state index in [2.05, 4.69) is 24.3 Å². The minimum atomic E-state index is -0.954. The van der Waals surface area contributed by atoms with Crippen LogP contribution in [0.4, 0.5) is 0 Å². The molecule has 0 amide bonds. The molecule has 0 saturated carbocycles. The summed E-state index contributed by atoms with van der Waals surface area (Å²) in [6.45, 7) is 0. The van der Waals surface area contributed by atoms with Crippen LogP contribution in [-0.4, -0.2) is 21.4 Å².